The van der Waals surface area contributed by atoms with E-state index in [1.165, 1.54) is 0 Å². The van der Waals surface area contributed by atoms with E-state index in [-0.39, 0.29) is 6.04 Å². The van der Waals surface area contributed by atoms with Crippen molar-refractivity contribution in [2.75, 3.05) is 25.1 Å². The standard InChI is InChI=1S/C15H24N2O3S/c1-2-11-20-12-5-10-16-14-6-3-4-7-15(14)21(18,19)17-13-8-9-13/h3-4,6-7,13,16-17H,2,5,8-12H2,1H3. The van der Waals surface area contributed by atoms with Crippen LogP contribution in [0.1, 0.15) is 32.6 Å². The summed E-state index contributed by atoms with van der Waals surface area (Å²) in [5, 5.41) is 3.19. The molecule has 0 spiro atoms. The Labute approximate surface area is 127 Å². The lowest BCUT2D eigenvalue weighted by Gasteiger charge is -2.13. The van der Waals surface area contributed by atoms with Crippen LogP contribution < -0.4 is 10.0 Å². The van der Waals surface area contributed by atoms with E-state index in [2.05, 4.69) is 17.0 Å². The fraction of sp³-hybridized carbons (Fsp3) is 0.600. The van der Waals surface area contributed by atoms with Crippen molar-refractivity contribution >= 4 is 15.7 Å². The van der Waals surface area contributed by atoms with Crippen LogP contribution in [0.15, 0.2) is 29.2 Å². The zero-order valence-corrected chi connectivity index (χ0v) is 13.3. The first-order valence-corrected chi connectivity index (χ1v) is 9.05. The maximum absolute atomic E-state index is 12.3. The third-order valence-corrected chi connectivity index (χ3v) is 4.78. The van der Waals surface area contributed by atoms with Gasteiger partial charge in [0.15, 0.2) is 0 Å². The molecule has 6 heteroatoms. The average molecular weight is 312 g/mol. The zero-order valence-electron chi connectivity index (χ0n) is 12.5. The lowest BCUT2D eigenvalue weighted by molar-refractivity contribution is 0.134. The molecule has 1 aromatic carbocycles. The van der Waals surface area contributed by atoms with Crippen molar-refractivity contribution in [2.24, 2.45) is 0 Å². The van der Waals surface area contributed by atoms with Gasteiger partial charge < -0.3 is 10.1 Å². The molecule has 1 aliphatic rings. The maximum atomic E-state index is 12.3. The van der Waals surface area contributed by atoms with Crippen molar-refractivity contribution in [3.8, 4) is 0 Å². The van der Waals surface area contributed by atoms with E-state index < -0.39 is 10.0 Å². The van der Waals surface area contributed by atoms with Crippen molar-refractivity contribution in [1.29, 1.82) is 0 Å². The van der Waals surface area contributed by atoms with Gasteiger partial charge in [-0.3, -0.25) is 0 Å². The van der Waals surface area contributed by atoms with Gasteiger partial charge in [0.25, 0.3) is 0 Å². The Bertz CT molecular complexity index is 542. The van der Waals surface area contributed by atoms with Crippen LogP contribution >= 0.6 is 0 Å². The van der Waals surface area contributed by atoms with Crippen LogP contribution in [-0.2, 0) is 14.8 Å². The van der Waals surface area contributed by atoms with Crippen molar-refractivity contribution < 1.29 is 13.2 Å². The van der Waals surface area contributed by atoms with Crippen LogP contribution in [0, 0.1) is 0 Å². The number of benzene rings is 1. The molecule has 0 aliphatic heterocycles. The highest BCUT2D eigenvalue weighted by atomic mass is 32.2. The van der Waals surface area contributed by atoms with Gasteiger partial charge in [0.1, 0.15) is 4.90 Å². The van der Waals surface area contributed by atoms with Gasteiger partial charge >= 0.3 is 0 Å². The number of sulfonamides is 1. The predicted molar refractivity (Wildman–Crippen MR) is 84.0 cm³/mol. The summed E-state index contributed by atoms with van der Waals surface area (Å²) >= 11 is 0. The van der Waals surface area contributed by atoms with E-state index in [1.807, 2.05) is 6.07 Å². The van der Waals surface area contributed by atoms with Gasteiger partial charge in [0, 0.05) is 25.8 Å². The molecule has 0 atom stereocenters. The summed E-state index contributed by atoms with van der Waals surface area (Å²) in [4.78, 5) is 0.325. The minimum absolute atomic E-state index is 0.116. The third-order valence-electron chi connectivity index (χ3n) is 3.21. The van der Waals surface area contributed by atoms with E-state index >= 15 is 0 Å². The molecular formula is C15H24N2O3S. The zero-order chi connectivity index (χ0) is 15.1. The van der Waals surface area contributed by atoms with Gasteiger partial charge in [-0.15, -0.1) is 0 Å². The van der Waals surface area contributed by atoms with Crippen molar-refractivity contribution in [3.63, 3.8) is 0 Å². The Morgan fingerprint density at radius 1 is 1.24 bits per heavy atom. The van der Waals surface area contributed by atoms with Gasteiger partial charge in [-0.05, 0) is 37.8 Å². The molecule has 1 fully saturated rings. The summed E-state index contributed by atoms with van der Waals surface area (Å²) in [5.74, 6) is 0. The topological polar surface area (TPSA) is 67.4 Å². The van der Waals surface area contributed by atoms with Crippen molar-refractivity contribution in [1.82, 2.24) is 4.72 Å². The van der Waals surface area contributed by atoms with E-state index in [1.54, 1.807) is 18.2 Å². The number of ether oxygens (including phenoxy) is 1. The normalized spacial score (nSPS) is 15.1. The fourth-order valence-electron chi connectivity index (χ4n) is 1.97. The Hall–Kier alpha value is -1.11. The number of anilines is 1. The molecule has 2 rings (SSSR count). The second-order valence-corrected chi connectivity index (χ2v) is 6.97. The highest BCUT2D eigenvalue weighted by molar-refractivity contribution is 7.89. The van der Waals surface area contributed by atoms with Gasteiger partial charge in [0.05, 0.1) is 5.69 Å². The van der Waals surface area contributed by atoms with Gasteiger partial charge in [-0.2, -0.15) is 0 Å². The number of nitrogens with one attached hydrogen (secondary N) is 2. The van der Waals surface area contributed by atoms with Crippen LogP contribution in [-0.4, -0.2) is 34.2 Å². The van der Waals surface area contributed by atoms with Crippen LogP contribution in [0.4, 0.5) is 5.69 Å². The fourth-order valence-corrected chi connectivity index (χ4v) is 3.46. The lowest BCUT2D eigenvalue weighted by Crippen LogP contribution is -2.26. The van der Waals surface area contributed by atoms with E-state index in [0.717, 1.165) is 32.3 Å². The largest absolute Gasteiger partial charge is 0.384 e. The van der Waals surface area contributed by atoms with E-state index in [0.29, 0.717) is 23.7 Å². The summed E-state index contributed by atoms with van der Waals surface area (Å²) in [6, 6.07) is 7.14. The second-order valence-electron chi connectivity index (χ2n) is 5.28. The highest BCUT2D eigenvalue weighted by Crippen LogP contribution is 2.25. The SMILES string of the molecule is CCCOCCCNc1ccccc1S(=O)(=O)NC1CC1. The molecule has 0 radical (unpaired) electrons. The molecule has 1 saturated carbocycles. The van der Waals surface area contributed by atoms with Crippen LogP contribution in [0.5, 0.6) is 0 Å². The van der Waals surface area contributed by atoms with E-state index in [4.69, 9.17) is 4.74 Å². The summed E-state index contributed by atoms with van der Waals surface area (Å²) < 4.78 is 32.7. The number of hydrogen-bond acceptors (Lipinski definition) is 4. The lowest BCUT2D eigenvalue weighted by atomic mass is 10.3. The first-order valence-electron chi connectivity index (χ1n) is 7.56. The summed E-state index contributed by atoms with van der Waals surface area (Å²) in [5.41, 5.74) is 0.654. The maximum Gasteiger partial charge on any atom is 0.242 e. The molecule has 1 aromatic rings. The number of para-hydroxylation sites is 1. The molecule has 118 valence electrons. The molecule has 0 saturated heterocycles. The molecule has 5 nitrogen and oxygen atoms in total. The molecular weight excluding hydrogens is 288 g/mol. The van der Waals surface area contributed by atoms with Gasteiger partial charge in [-0.1, -0.05) is 19.1 Å². The Balaban J connectivity index is 1.90. The monoisotopic (exact) mass is 312 g/mol. The minimum atomic E-state index is -3.42. The molecule has 0 bridgehead atoms. The number of rotatable bonds is 10. The summed E-state index contributed by atoms with van der Waals surface area (Å²) in [6.07, 6.45) is 3.74. The van der Waals surface area contributed by atoms with Crippen LogP contribution in [0.25, 0.3) is 0 Å². The first-order chi connectivity index (χ1) is 10.1. The van der Waals surface area contributed by atoms with Gasteiger partial charge in [-0.25, -0.2) is 13.1 Å². The minimum Gasteiger partial charge on any atom is -0.384 e. The molecule has 0 amide bonds. The predicted octanol–water partition coefficient (Wildman–Crippen LogP) is 2.36. The van der Waals surface area contributed by atoms with Crippen LogP contribution in [0.2, 0.25) is 0 Å². The Kier molecular flexibility index (Phi) is 6.02. The quantitative estimate of drug-likeness (QED) is 0.651. The molecule has 21 heavy (non-hydrogen) atoms. The number of hydrogen-bond donors (Lipinski definition) is 2. The Morgan fingerprint density at radius 2 is 2.00 bits per heavy atom. The molecule has 0 aromatic heterocycles. The van der Waals surface area contributed by atoms with Crippen molar-refractivity contribution in [3.05, 3.63) is 24.3 Å². The summed E-state index contributed by atoms with van der Waals surface area (Å²) in [6.45, 7) is 4.23. The molecule has 0 heterocycles. The highest BCUT2D eigenvalue weighted by Gasteiger charge is 2.29. The Morgan fingerprint density at radius 3 is 2.71 bits per heavy atom. The second kappa shape index (κ2) is 7.77. The van der Waals surface area contributed by atoms with Crippen molar-refractivity contribution in [2.45, 2.75) is 43.5 Å². The molecule has 1 aliphatic carbocycles. The average Bonchev–Trinajstić information content (AvgIpc) is 3.26. The molecule has 2 N–H and O–H groups in total. The van der Waals surface area contributed by atoms with E-state index in [9.17, 15) is 8.42 Å². The van der Waals surface area contributed by atoms with Crippen LogP contribution in [0.3, 0.4) is 0 Å². The van der Waals surface area contributed by atoms with Gasteiger partial charge in [0.2, 0.25) is 10.0 Å². The third kappa shape index (κ3) is 5.30. The summed E-state index contributed by atoms with van der Waals surface area (Å²) in [7, 11) is -3.42. The first kappa shape index (κ1) is 16.3. The molecule has 0 unspecified atom stereocenters. The smallest absolute Gasteiger partial charge is 0.242 e.